The second-order valence-electron chi connectivity index (χ2n) is 4.51. The van der Waals surface area contributed by atoms with Crippen molar-refractivity contribution in [2.75, 3.05) is 11.9 Å². The molecule has 1 aromatic rings. The molecular formula is C13H18FN3O3. The molecule has 0 saturated heterocycles. The predicted octanol–water partition coefficient (Wildman–Crippen LogP) is 2.45. The van der Waals surface area contributed by atoms with Crippen LogP contribution in [0.15, 0.2) is 18.2 Å². The SMILES string of the molecule is CCC(C)NC(=O)CCNc1cc(F)cc([N+](=O)[O-])c1. The van der Waals surface area contributed by atoms with Crippen LogP contribution in [0.2, 0.25) is 0 Å². The van der Waals surface area contributed by atoms with Crippen molar-refractivity contribution in [3.8, 4) is 0 Å². The first kappa shape index (κ1) is 15.9. The first-order valence-electron chi connectivity index (χ1n) is 6.40. The maximum Gasteiger partial charge on any atom is 0.274 e. The highest BCUT2D eigenvalue weighted by atomic mass is 19.1. The van der Waals surface area contributed by atoms with Crippen molar-refractivity contribution in [3.63, 3.8) is 0 Å². The number of carbonyl (C=O) groups is 1. The van der Waals surface area contributed by atoms with Crippen molar-refractivity contribution in [3.05, 3.63) is 34.1 Å². The van der Waals surface area contributed by atoms with E-state index in [1.54, 1.807) is 0 Å². The van der Waals surface area contributed by atoms with Gasteiger partial charge in [-0.05, 0) is 19.4 Å². The van der Waals surface area contributed by atoms with Gasteiger partial charge < -0.3 is 10.6 Å². The van der Waals surface area contributed by atoms with Crippen LogP contribution < -0.4 is 10.6 Å². The van der Waals surface area contributed by atoms with Gasteiger partial charge >= 0.3 is 0 Å². The minimum atomic E-state index is -0.689. The third kappa shape index (κ3) is 5.21. The number of benzene rings is 1. The molecule has 0 aliphatic heterocycles. The molecule has 1 amide bonds. The molecule has 0 saturated carbocycles. The van der Waals surface area contributed by atoms with E-state index in [4.69, 9.17) is 0 Å². The van der Waals surface area contributed by atoms with Crippen LogP contribution in [0.1, 0.15) is 26.7 Å². The summed E-state index contributed by atoms with van der Waals surface area (Å²) >= 11 is 0. The monoisotopic (exact) mass is 283 g/mol. The lowest BCUT2D eigenvalue weighted by Crippen LogP contribution is -2.32. The first-order chi connectivity index (χ1) is 9.42. The lowest BCUT2D eigenvalue weighted by Gasteiger charge is -2.12. The van der Waals surface area contributed by atoms with Gasteiger partial charge in [-0.25, -0.2) is 4.39 Å². The number of carbonyl (C=O) groups excluding carboxylic acids is 1. The smallest absolute Gasteiger partial charge is 0.274 e. The number of hydrogen-bond acceptors (Lipinski definition) is 4. The average molecular weight is 283 g/mol. The first-order valence-corrected chi connectivity index (χ1v) is 6.40. The second-order valence-corrected chi connectivity index (χ2v) is 4.51. The summed E-state index contributed by atoms with van der Waals surface area (Å²) in [6.45, 7) is 4.15. The lowest BCUT2D eigenvalue weighted by atomic mass is 10.2. The van der Waals surface area contributed by atoms with Gasteiger partial charge in [-0.3, -0.25) is 14.9 Å². The fourth-order valence-corrected chi connectivity index (χ4v) is 1.55. The predicted molar refractivity (Wildman–Crippen MR) is 74.1 cm³/mol. The van der Waals surface area contributed by atoms with Crippen LogP contribution in [0.3, 0.4) is 0 Å². The molecule has 20 heavy (non-hydrogen) atoms. The summed E-state index contributed by atoms with van der Waals surface area (Å²) in [5, 5.41) is 16.2. The molecule has 110 valence electrons. The molecule has 1 atom stereocenters. The quantitative estimate of drug-likeness (QED) is 0.594. The van der Waals surface area contributed by atoms with Crippen molar-refractivity contribution in [1.29, 1.82) is 0 Å². The minimum Gasteiger partial charge on any atom is -0.384 e. The molecule has 1 unspecified atom stereocenters. The van der Waals surface area contributed by atoms with Crippen LogP contribution in [0.4, 0.5) is 15.8 Å². The third-order valence-electron chi connectivity index (χ3n) is 2.79. The summed E-state index contributed by atoms with van der Waals surface area (Å²) in [4.78, 5) is 21.4. The number of nitrogens with one attached hydrogen (secondary N) is 2. The summed E-state index contributed by atoms with van der Waals surface area (Å²) < 4.78 is 13.2. The summed E-state index contributed by atoms with van der Waals surface area (Å²) in [6.07, 6.45) is 1.06. The highest BCUT2D eigenvalue weighted by Gasteiger charge is 2.10. The van der Waals surface area contributed by atoms with Gasteiger partial charge in [0.1, 0.15) is 5.82 Å². The summed E-state index contributed by atoms with van der Waals surface area (Å²) in [5.41, 5.74) is -0.0374. The van der Waals surface area contributed by atoms with Gasteiger partial charge in [-0.1, -0.05) is 6.92 Å². The fourth-order valence-electron chi connectivity index (χ4n) is 1.55. The number of anilines is 1. The summed E-state index contributed by atoms with van der Waals surface area (Å²) in [6, 6.07) is 3.34. The standard InChI is InChI=1S/C13H18FN3O3/c1-3-9(2)16-13(18)4-5-15-11-6-10(14)7-12(8-11)17(19)20/h6-9,15H,3-5H2,1-2H3,(H,16,18). The Morgan fingerprint density at radius 1 is 1.45 bits per heavy atom. The van der Waals surface area contributed by atoms with Gasteiger partial charge in [-0.15, -0.1) is 0 Å². The van der Waals surface area contributed by atoms with Gasteiger partial charge in [0.15, 0.2) is 0 Å². The zero-order valence-electron chi connectivity index (χ0n) is 11.5. The number of rotatable bonds is 7. The number of non-ortho nitro benzene ring substituents is 1. The molecule has 0 aliphatic rings. The molecule has 7 heteroatoms. The Kier molecular flexibility index (Phi) is 5.89. The van der Waals surface area contributed by atoms with E-state index in [1.807, 2.05) is 13.8 Å². The highest BCUT2D eigenvalue weighted by Crippen LogP contribution is 2.19. The van der Waals surface area contributed by atoms with Crippen molar-refractivity contribution in [2.24, 2.45) is 0 Å². The zero-order chi connectivity index (χ0) is 15.1. The van der Waals surface area contributed by atoms with Crippen LogP contribution in [0.5, 0.6) is 0 Å². The molecule has 1 rings (SSSR count). The molecule has 1 aromatic carbocycles. The van der Waals surface area contributed by atoms with E-state index < -0.39 is 10.7 Å². The molecule has 0 radical (unpaired) electrons. The van der Waals surface area contributed by atoms with Gasteiger partial charge in [0.05, 0.1) is 11.0 Å². The number of nitro benzene ring substituents is 1. The van der Waals surface area contributed by atoms with E-state index in [0.29, 0.717) is 0 Å². The van der Waals surface area contributed by atoms with E-state index in [-0.39, 0.29) is 36.3 Å². The van der Waals surface area contributed by atoms with E-state index in [1.165, 1.54) is 6.07 Å². The zero-order valence-corrected chi connectivity index (χ0v) is 11.5. The van der Waals surface area contributed by atoms with Crippen LogP contribution in [0.25, 0.3) is 0 Å². The third-order valence-corrected chi connectivity index (χ3v) is 2.79. The Hall–Kier alpha value is -2.18. The van der Waals surface area contributed by atoms with Crippen molar-refractivity contribution in [1.82, 2.24) is 5.32 Å². The number of halogens is 1. The fraction of sp³-hybridized carbons (Fsp3) is 0.462. The van der Waals surface area contributed by atoms with Crippen LogP contribution >= 0.6 is 0 Å². The molecule has 2 N–H and O–H groups in total. The molecule has 6 nitrogen and oxygen atoms in total. The van der Waals surface area contributed by atoms with Gasteiger partial charge in [-0.2, -0.15) is 0 Å². The lowest BCUT2D eigenvalue weighted by molar-refractivity contribution is -0.385. The largest absolute Gasteiger partial charge is 0.384 e. The molecule has 0 bridgehead atoms. The Morgan fingerprint density at radius 3 is 2.75 bits per heavy atom. The Labute approximate surface area is 116 Å². The van der Waals surface area contributed by atoms with Gasteiger partial charge in [0, 0.05) is 30.8 Å². The number of hydrogen-bond donors (Lipinski definition) is 2. The summed E-state index contributed by atoms with van der Waals surface area (Å²) in [5.74, 6) is -0.802. The number of amides is 1. The molecule has 0 heterocycles. The Bertz CT molecular complexity index is 494. The van der Waals surface area contributed by atoms with Gasteiger partial charge in [0.25, 0.3) is 5.69 Å². The van der Waals surface area contributed by atoms with E-state index in [9.17, 15) is 19.3 Å². The van der Waals surface area contributed by atoms with Gasteiger partial charge in [0.2, 0.25) is 5.91 Å². The minimum absolute atomic E-state index is 0.109. The molecular weight excluding hydrogens is 265 g/mol. The summed E-state index contributed by atoms with van der Waals surface area (Å²) in [7, 11) is 0. The maximum atomic E-state index is 13.2. The number of nitrogens with zero attached hydrogens (tertiary/aromatic N) is 1. The topological polar surface area (TPSA) is 84.3 Å². The van der Waals surface area contributed by atoms with Crippen molar-refractivity contribution < 1.29 is 14.1 Å². The molecule has 0 fully saturated rings. The second kappa shape index (κ2) is 7.42. The van der Waals surface area contributed by atoms with Crippen molar-refractivity contribution in [2.45, 2.75) is 32.7 Å². The molecule has 0 aliphatic carbocycles. The van der Waals surface area contributed by atoms with E-state index in [2.05, 4.69) is 10.6 Å². The van der Waals surface area contributed by atoms with E-state index >= 15 is 0 Å². The van der Waals surface area contributed by atoms with Crippen LogP contribution in [0, 0.1) is 15.9 Å². The van der Waals surface area contributed by atoms with E-state index in [0.717, 1.165) is 18.6 Å². The highest BCUT2D eigenvalue weighted by molar-refractivity contribution is 5.76. The Morgan fingerprint density at radius 2 is 2.15 bits per heavy atom. The maximum absolute atomic E-state index is 13.2. The number of nitro groups is 1. The Balaban J connectivity index is 2.50. The average Bonchev–Trinajstić information content (AvgIpc) is 2.37. The van der Waals surface area contributed by atoms with Crippen molar-refractivity contribution >= 4 is 17.3 Å². The normalized spacial score (nSPS) is 11.8. The van der Waals surface area contributed by atoms with Crippen LogP contribution in [-0.2, 0) is 4.79 Å². The molecule has 0 spiro atoms. The molecule has 0 aromatic heterocycles. The van der Waals surface area contributed by atoms with Crippen LogP contribution in [-0.4, -0.2) is 23.4 Å².